The third-order valence-corrected chi connectivity index (χ3v) is 4.80. The van der Waals surface area contributed by atoms with Crippen molar-refractivity contribution in [2.75, 3.05) is 26.6 Å². The summed E-state index contributed by atoms with van der Waals surface area (Å²) in [4.78, 5) is 13.6. The highest BCUT2D eigenvalue weighted by atomic mass is 35.5. The van der Waals surface area contributed by atoms with E-state index in [2.05, 4.69) is 5.32 Å². The van der Waals surface area contributed by atoms with Gasteiger partial charge in [-0.25, -0.2) is 0 Å². The van der Waals surface area contributed by atoms with Crippen molar-refractivity contribution < 1.29 is 19.2 Å². The maximum absolute atomic E-state index is 12.5. The number of benzene rings is 2. The maximum atomic E-state index is 12.5. The first-order valence-electron chi connectivity index (χ1n) is 8.14. The number of carbonyl (C=O) groups excluding carboxylic acids is 1. The Labute approximate surface area is 163 Å². The topological polar surface area (TPSA) is 52.0 Å². The minimum atomic E-state index is -0.283. The Kier molecular flexibility index (Phi) is 7.14. The number of likely N-dealkylation sites (N-methyl/N-ethyl adjacent to an activating group) is 1. The standard InChI is InChI=1S/C19H22Cl2N2O3/c1-12(19(24)22-16-7-6-14(20)10-15(16)21)23(2)11-13-5-8-17(25-3)18(9-13)26-4/h5-10,12H,11H2,1-4H3,(H,22,24)/p+1/t12-/m1/s1. The van der Waals surface area contributed by atoms with Crippen molar-refractivity contribution in [3.8, 4) is 11.5 Å². The van der Waals surface area contributed by atoms with Crippen LogP contribution in [0.2, 0.25) is 10.0 Å². The van der Waals surface area contributed by atoms with Crippen LogP contribution in [0.25, 0.3) is 0 Å². The minimum absolute atomic E-state index is 0.118. The molecule has 1 amide bonds. The summed E-state index contributed by atoms with van der Waals surface area (Å²) in [5.41, 5.74) is 1.59. The Hall–Kier alpha value is -1.95. The highest BCUT2D eigenvalue weighted by Crippen LogP contribution is 2.27. The summed E-state index contributed by atoms with van der Waals surface area (Å²) in [5.74, 6) is 1.23. The van der Waals surface area contributed by atoms with Crippen molar-refractivity contribution in [3.63, 3.8) is 0 Å². The number of carbonyl (C=O) groups is 1. The fourth-order valence-electron chi connectivity index (χ4n) is 2.52. The molecule has 2 rings (SSSR count). The van der Waals surface area contributed by atoms with E-state index in [4.69, 9.17) is 32.7 Å². The van der Waals surface area contributed by atoms with Gasteiger partial charge in [0.25, 0.3) is 5.91 Å². The number of ether oxygens (including phenoxy) is 2. The highest BCUT2D eigenvalue weighted by Gasteiger charge is 2.23. The summed E-state index contributed by atoms with van der Waals surface area (Å²) >= 11 is 12.0. The molecule has 0 saturated heterocycles. The van der Waals surface area contributed by atoms with E-state index < -0.39 is 0 Å². The van der Waals surface area contributed by atoms with Crippen molar-refractivity contribution in [1.82, 2.24) is 0 Å². The minimum Gasteiger partial charge on any atom is -0.493 e. The van der Waals surface area contributed by atoms with E-state index in [9.17, 15) is 4.79 Å². The molecule has 2 aromatic carbocycles. The van der Waals surface area contributed by atoms with Crippen molar-refractivity contribution in [1.29, 1.82) is 0 Å². The number of methoxy groups -OCH3 is 2. The predicted octanol–water partition coefficient (Wildman–Crippen LogP) is 3.05. The van der Waals surface area contributed by atoms with Gasteiger partial charge in [-0.3, -0.25) is 4.79 Å². The smallest absolute Gasteiger partial charge is 0.282 e. The van der Waals surface area contributed by atoms with Crippen molar-refractivity contribution >= 4 is 34.8 Å². The molecule has 0 aliphatic rings. The number of nitrogens with one attached hydrogen (secondary N) is 2. The van der Waals surface area contributed by atoms with Crippen molar-refractivity contribution in [3.05, 3.63) is 52.0 Å². The van der Waals surface area contributed by atoms with E-state index in [-0.39, 0.29) is 11.9 Å². The van der Waals surface area contributed by atoms with E-state index in [1.165, 1.54) is 0 Å². The summed E-state index contributed by atoms with van der Waals surface area (Å²) in [6.45, 7) is 2.53. The van der Waals surface area contributed by atoms with Gasteiger partial charge in [0.15, 0.2) is 17.5 Å². The molecule has 7 heteroatoms. The lowest BCUT2D eigenvalue weighted by Gasteiger charge is -2.22. The van der Waals surface area contributed by atoms with Gasteiger partial charge in [-0.05, 0) is 43.3 Å². The van der Waals surface area contributed by atoms with E-state index in [1.54, 1.807) is 32.4 Å². The van der Waals surface area contributed by atoms with Gasteiger partial charge in [-0.15, -0.1) is 0 Å². The van der Waals surface area contributed by atoms with Crippen LogP contribution in [0.1, 0.15) is 12.5 Å². The normalized spacial score (nSPS) is 13.0. The molecule has 0 fully saturated rings. The lowest BCUT2D eigenvalue weighted by molar-refractivity contribution is -0.907. The number of anilines is 1. The van der Waals surface area contributed by atoms with Gasteiger partial charge in [0.05, 0.1) is 32.0 Å². The van der Waals surface area contributed by atoms with E-state index in [0.29, 0.717) is 33.8 Å². The number of amides is 1. The van der Waals surface area contributed by atoms with Gasteiger partial charge in [0.1, 0.15) is 6.54 Å². The molecule has 2 atom stereocenters. The fraction of sp³-hybridized carbons (Fsp3) is 0.316. The molecule has 0 aliphatic heterocycles. The summed E-state index contributed by atoms with van der Waals surface area (Å²) in [6.07, 6.45) is 0. The SMILES string of the molecule is COc1ccc(C[NH+](C)[C@H](C)C(=O)Nc2ccc(Cl)cc2Cl)cc1OC. The summed E-state index contributed by atoms with van der Waals surface area (Å²) in [6, 6.07) is 10.4. The van der Waals surface area contributed by atoms with Gasteiger partial charge in [0.2, 0.25) is 0 Å². The highest BCUT2D eigenvalue weighted by molar-refractivity contribution is 6.36. The molecule has 5 nitrogen and oxygen atoms in total. The molecule has 140 valence electrons. The fourth-order valence-corrected chi connectivity index (χ4v) is 2.98. The molecule has 1 unspecified atom stereocenters. The first-order valence-corrected chi connectivity index (χ1v) is 8.90. The molecule has 0 aromatic heterocycles. The molecular weight excluding hydrogens is 375 g/mol. The molecule has 2 aromatic rings. The van der Waals surface area contributed by atoms with Crippen molar-refractivity contribution in [2.45, 2.75) is 19.5 Å². The number of quaternary nitrogens is 1. The van der Waals surface area contributed by atoms with Crippen molar-refractivity contribution in [2.24, 2.45) is 0 Å². The number of hydrogen-bond acceptors (Lipinski definition) is 3. The van der Waals surface area contributed by atoms with Crippen LogP contribution >= 0.6 is 23.2 Å². The number of halogens is 2. The van der Waals surface area contributed by atoms with Gasteiger partial charge in [-0.2, -0.15) is 0 Å². The van der Waals surface area contributed by atoms with Gasteiger partial charge in [-0.1, -0.05) is 23.2 Å². The van der Waals surface area contributed by atoms with Crippen LogP contribution in [-0.4, -0.2) is 33.2 Å². The Bertz CT molecular complexity index is 783. The number of hydrogen-bond donors (Lipinski definition) is 2. The zero-order chi connectivity index (χ0) is 19.3. The number of rotatable bonds is 7. The molecule has 26 heavy (non-hydrogen) atoms. The molecule has 0 radical (unpaired) electrons. The molecule has 0 heterocycles. The van der Waals surface area contributed by atoms with Gasteiger partial charge >= 0.3 is 0 Å². The molecular formula is C19H23Cl2N2O3+. The maximum Gasteiger partial charge on any atom is 0.282 e. The van der Waals surface area contributed by atoms with Gasteiger partial charge < -0.3 is 19.7 Å². The van der Waals surface area contributed by atoms with Gasteiger partial charge in [0, 0.05) is 10.6 Å². The summed E-state index contributed by atoms with van der Waals surface area (Å²) in [5, 5.41) is 3.79. The van der Waals surface area contributed by atoms with Crippen LogP contribution in [-0.2, 0) is 11.3 Å². The van der Waals surface area contributed by atoms with E-state index >= 15 is 0 Å². The third-order valence-electron chi connectivity index (χ3n) is 4.25. The molecule has 2 N–H and O–H groups in total. The second kappa shape index (κ2) is 9.12. The van der Waals surface area contributed by atoms with E-state index in [1.807, 2.05) is 32.2 Å². The molecule has 0 spiro atoms. The average molecular weight is 398 g/mol. The average Bonchev–Trinajstić information content (AvgIpc) is 2.63. The van der Waals surface area contributed by atoms with Crippen LogP contribution in [0.5, 0.6) is 11.5 Å². The van der Waals surface area contributed by atoms with Crippen LogP contribution in [0.3, 0.4) is 0 Å². The zero-order valence-corrected chi connectivity index (χ0v) is 16.7. The molecule has 0 aliphatic carbocycles. The first-order chi connectivity index (χ1) is 12.3. The quantitative estimate of drug-likeness (QED) is 0.754. The third kappa shape index (κ3) is 5.04. The monoisotopic (exact) mass is 397 g/mol. The summed E-state index contributed by atoms with van der Waals surface area (Å²) < 4.78 is 10.6. The lowest BCUT2D eigenvalue weighted by atomic mass is 10.1. The second-order valence-electron chi connectivity index (χ2n) is 6.05. The zero-order valence-electron chi connectivity index (χ0n) is 15.2. The Morgan fingerprint density at radius 3 is 2.42 bits per heavy atom. The van der Waals surface area contributed by atoms with Crippen LogP contribution < -0.4 is 19.7 Å². The second-order valence-corrected chi connectivity index (χ2v) is 6.89. The lowest BCUT2D eigenvalue weighted by Crippen LogP contribution is -3.12. The first kappa shape index (κ1) is 20.4. The van der Waals surface area contributed by atoms with Crippen LogP contribution in [0, 0.1) is 0 Å². The van der Waals surface area contributed by atoms with Crippen LogP contribution in [0.15, 0.2) is 36.4 Å². The predicted molar refractivity (Wildman–Crippen MR) is 105 cm³/mol. The van der Waals surface area contributed by atoms with E-state index in [0.717, 1.165) is 10.5 Å². The Balaban J connectivity index is 2.04. The Morgan fingerprint density at radius 2 is 1.81 bits per heavy atom. The largest absolute Gasteiger partial charge is 0.493 e. The molecule has 0 bridgehead atoms. The molecule has 0 saturated carbocycles. The van der Waals surface area contributed by atoms with Crippen LogP contribution in [0.4, 0.5) is 5.69 Å². The summed E-state index contributed by atoms with van der Waals surface area (Å²) in [7, 11) is 5.16. The Morgan fingerprint density at radius 1 is 1.12 bits per heavy atom.